The SMILES string of the molecule is CCCNC(CO)CCN1CCC(OC)CC1. The van der Waals surface area contributed by atoms with Gasteiger partial charge in [-0.25, -0.2) is 0 Å². The molecule has 0 aliphatic carbocycles. The van der Waals surface area contributed by atoms with E-state index in [-0.39, 0.29) is 12.6 Å². The van der Waals surface area contributed by atoms with Gasteiger partial charge in [0.2, 0.25) is 0 Å². The largest absolute Gasteiger partial charge is 0.395 e. The average molecular weight is 244 g/mol. The molecule has 4 nitrogen and oxygen atoms in total. The van der Waals surface area contributed by atoms with Crippen molar-refractivity contribution in [2.24, 2.45) is 0 Å². The van der Waals surface area contributed by atoms with Gasteiger partial charge in [0.05, 0.1) is 12.7 Å². The van der Waals surface area contributed by atoms with E-state index in [1.165, 1.54) is 0 Å². The van der Waals surface area contributed by atoms with Crippen LogP contribution in [0.25, 0.3) is 0 Å². The summed E-state index contributed by atoms with van der Waals surface area (Å²) >= 11 is 0. The van der Waals surface area contributed by atoms with Crippen molar-refractivity contribution in [1.29, 1.82) is 0 Å². The van der Waals surface area contributed by atoms with Crippen molar-refractivity contribution in [3.05, 3.63) is 0 Å². The zero-order chi connectivity index (χ0) is 12.5. The molecule has 1 unspecified atom stereocenters. The first-order valence-corrected chi connectivity index (χ1v) is 6.89. The summed E-state index contributed by atoms with van der Waals surface area (Å²) in [7, 11) is 1.80. The molecule has 1 saturated heterocycles. The quantitative estimate of drug-likeness (QED) is 0.664. The predicted molar refractivity (Wildman–Crippen MR) is 70.3 cm³/mol. The lowest BCUT2D eigenvalue weighted by molar-refractivity contribution is 0.0394. The van der Waals surface area contributed by atoms with E-state index in [0.29, 0.717) is 6.10 Å². The zero-order valence-corrected chi connectivity index (χ0v) is 11.3. The number of methoxy groups -OCH3 is 1. The maximum Gasteiger partial charge on any atom is 0.0595 e. The summed E-state index contributed by atoms with van der Waals surface area (Å²) < 4.78 is 5.36. The monoisotopic (exact) mass is 244 g/mol. The zero-order valence-electron chi connectivity index (χ0n) is 11.3. The van der Waals surface area contributed by atoms with Crippen molar-refractivity contribution < 1.29 is 9.84 Å². The number of likely N-dealkylation sites (tertiary alicyclic amines) is 1. The van der Waals surface area contributed by atoms with E-state index < -0.39 is 0 Å². The molecule has 2 N–H and O–H groups in total. The third-order valence-electron chi connectivity index (χ3n) is 3.57. The standard InChI is InChI=1S/C13H28N2O2/c1-3-7-14-12(11-16)4-8-15-9-5-13(17-2)6-10-15/h12-14,16H,3-11H2,1-2H3. The lowest BCUT2D eigenvalue weighted by atomic mass is 10.1. The van der Waals surface area contributed by atoms with Gasteiger partial charge in [-0.15, -0.1) is 0 Å². The highest BCUT2D eigenvalue weighted by Crippen LogP contribution is 2.13. The minimum Gasteiger partial charge on any atom is -0.395 e. The van der Waals surface area contributed by atoms with Crippen LogP contribution in [0.15, 0.2) is 0 Å². The Bertz CT molecular complexity index is 182. The fraction of sp³-hybridized carbons (Fsp3) is 1.00. The van der Waals surface area contributed by atoms with Gasteiger partial charge >= 0.3 is 0 Å². The first-order chi connectivity index (χ1) is 8.30. The van der Waals surface area contributed by atoms with Gasteiger partial charge in [-0.3, -0.25) is 0 Å². The number of rotatable bonds is 8. The molecule has 1 aliphatic rings. The molecule has 0 bridgehead atoms. The number of ether oxygens (including phenoxy) is 1. The smallest absolute Gasteiger partial charge is 0.0595 e. The number of nitrogens with one attached hydrogen (secondary N) is 1. The Morgan fingerprint density at radius 2 is 2.12 bits per heavy atom. The lowest BCUT2D eigenvalue weighted by Crippen LogP contribution is -2.41. The molecule has 0 saturated carbocycles. The molecule has 0 spiro atoms. The first-order valence-electron chi connectivity index (χ1n) is 6.89. The summed E-state index contributed by atoms with van der Waals surface area (Å²) in [5, 5.41) is 12.6. The minimum atomic E-state index is 0.245. The molecule has 0 aromatic rings. The van der Waals surface area contributed by atoms with Gasteiger partial charge in [0.15, 0.2) is 0 Å². The van der Waals surface area contributed by atoms with Crippen molar-refractivity contribution >= 4 is 0 Å². The maximum absolute atomic E-state index is 9.26. The van der Waals surface area contributed by atoms with Crippen LogP contribution in [0.2, 0.25) is 0 Å². The number of aliphatic hydroxyl groups is 1. The van der Waals surface area contributed by atoms with Crippen LogP contribution < -0.4 is 5.32 Å². The van der Waals surface area contributed by atoms with Crippen LogP contribution in [0.3, 0.4) is 0 Å². The molecule has 1 aliphatic heterocycles. The first kappa shape index (κ1) is 14.9. The number of hydrogen-bond acceptors (Lipinski definition) is 4. The maximum atomic E-state index is 9.26. The predicted octanol–water partition coefficient (Wildman–Crippen LogP) is 0.848. The summed E-state index contributed by atoms with van der Waals surface area (Å²) in [4.78, 5) is 2.48. The molecule has 0 aromatic heterocycles. The van der Waals surface area contributed by atoms with Crippen LogP contribution in [0.4, 0.5) is 0 Å². The van der Waals surface area contributed by atoms with Crippen molar-refractivity contribution in [1.82, 2.24) is 10.2 Å². The second-order valence-corrected chi connectivity index (χ2v) is 4.90. The molecule has 17 heavy (non-hydrogen) atoms. The Kier molecular flexibility index (Phi) is 7.77. The van der Waals surface area contributed by atoms with Crippen LogP contribution in [0.1, 0.15) is 32.6 Å². The summed E-state index contributed by atoms with van der Waals surface area (Å²) in [5.74, 6) is 0. The Balaban J connectivity index is 2.12. The normalized spacial score (nSPS) is 20.6. The van der Waals surface area contributed by atoms with Gasteiger partial charge in [-0.1, -0.05) is 6.92 Å². The molecule has 1 rings (SSSR count). The summed E-state index contributed by atoms with van der Waals surface area (Å²) in [6.45, 7) is 6.73. The number of hydrogen-bond donors (Lipinski definition) is 2. The van der Waals surface area contributed by atoms with Crippen molar-refractivity contribution in [3.63, 3.8) is 0 Å². The van der Waals surface area contributed by atoms with Crippen LogP contribution in [0.5, 0.6) is 0 Å². The molecule has 4 heteroatoms. The van der Waals surface area contributed by atoms with E-state index in [9.17, 15) is 5.11 Å². The Morgan fingerprint density at radius 1 is 1.41 bits per heavy atom. The highest BCUT2D eigenvalue weighted by Gasteiger charge is 2.19. The van der Waals surface area contributed by atoms with Gasteiger partial charge in [0.1, 0.15) is 0 Å². The van der Waals surface area contributed by atoms with E-state index in [0.717, 1.165) is 51.9 Å². The third-order valence-corrected chi connectivity index (χ3v) is 3.57. The van der Waals surface area contributed by atoms with Crippen LogP contribution in [-0.2, 0) is 4.74 Å². The Hall–Kier alpha value is -0.160. The molecule has 1 fully saturated rings. The summed E-state index contributed by atoms with van der Waals surface area (Å²) in [6, 6.07) is 0.259. The third kappa shape index (κ3) is 5.82. The van der Waals surface area contributed by atoms with E-state index >= 15 is 0 Å². The van der Waals surface area contributed by atoms with Crippen LogP contribution >= 0.6 is 0 Å². The topological polar surface area (TPSA) is 44.7 Å². The molecule has 0 amide bonds. The molecule has 1 heterocycles. The van der Waals surface area contributed by atoms with Crippen molar-refractivity contribution in [3.8, 4) is 0 Å². The molecular weight excluding hydrogens is 216 g/mol. The van der Waals surface area contributed by atoms with Crippen molar-refractivity contribution in [2.75, 3.05) is 39.9 Å². The van der Waals surface area contributed by atoms with Crippen LogP contribution in [-0.4, -0.2) is 62.0 Å². The fourth-order valence-electron chi connectivity index (χ4n) is 2.31. The summed E-state index contributed by atoms with van der Waals surface area (Å²) in [6.07, 6.45) is 4.90. The van der Waals surface area contributed by atoms with Gasteiger partial charge in [0.25, 0.3) is 0 Å². The Labute approximate surface area is 105 Å². The van der Waals surface area contributed by atoms with E-state index in [1.807, 2.05) is 0 Å². The summed E-state index contributed by atoms with van der Waals surface area (Å²) in [5.41, 5.74) is 0. The van der Waals surface area contributed by atoms with E-state index in [2.05, 4.69) is 17.1 Å². The van der Waals surface area contributed by atoms with Crippen molar-refractivity contribution in [2.45, 2.75) is 44.8 Å². The molecule has 102 valence electrons. The molecule has 1 atom stereocenters. The average Bonchev–Trinajstić information content (AvgIpc) is 2.39. The van der Waals surface area contributed by atoms with E-state index in [1.54, 1.807) is 7.11 Å². The van der Waals surface area contributed by atoms with E-state index in [4.69, 9.17) is 4.74 Å². The highest BCUT2D eigenvalue weighted by atomic mass is 16.5. The number of aliphatic hydroxyl groups excluding tert-OH is 1. The second-order valence-electron chi connectivity index (χ2n) is 4.90. The van der Waals surface area contributed by atoms with Gasteiger partial charge in [0, 0.05) is 26.2 Å². The van der Waals surface area contributed by atoms with Gasteiger partial charge in [-0.05, 0) is 38.8 Å². The second kappa shape index (κ2) is 8.86. The van der Waals surface area contributed by atoms with Crippen LogP contribution in [0, 0.1) is 0 Å². The minimum absolute atomic E-state index is 0.245. The fourth-order valence-corrected chi connectivity index (χ4v) is 2.31. The Morgan fingerprint density at radius 3 is 2.65 bits per heavy atom. The lowest BCUT2D eigenvalue weighted by Gasteiger charge is -2.32. The highest BCUT2D eigenvalue weighted by molar-refractivity contribution is 4.74. The van der Waals surface area contributed by atoms with Gasteiger partial charge < -0.3 is 20.1 Å². The number of piperidine rings is 1. The molecular formula is C13H28N2O2. The number of nitrogens with zero attached hydrogens (tertiary/aromatic N) is 1. The molecule has 0 radical (unpaired) electrons. The van der Waals surface area contributed by atoms with Gasteiger partial charge in [-0.2, -0.15) is 0 Å². The molecule has 0 aromatic carbocycles.